The van der Waals surface area contributed by atoms with E-state index in [-0.39, 0.29) is 6.10 Å². The Labute approximate surface area is 117 Å². The van der Waals surface area contributed by atoms with E-state index in [4.69, 9.17) is 9.47 Å². The highest BCUT2D eigenvalue weighted by molar-refractivity contribution is 5.14. The average molecular weight is 265 g/mol. The summed E-state index contributed by atoms with van der Waals surface area (Å²) in [5.41, 5.74) is 1.37. The summed E-state index contributed by atoms with van der Waals surface area (Å²) in [4.78, 5) is 2.43. The van der Waals surface area contributed by atoms with Crippen LogP contribution in [0.15, 0.2) is 30.3 Å². The van der Waals surface area contributed by atoms with Gasteiger partial charge in [-0.3, -0.25) is 4.90 Å². The molecule has 0 amide bonds. The SMILES string of the molecule is CC.CCOCC1CN(Cc2ccccc2)CCO1. The quantitative estimate of drug-likeness (QED) is 0.817. The van der Waals surface area contributed by atoms with E-state index >= 15 is 0 Å². The van der Waals surface area contributed by atoms with E-state index in [2.05, 4.69) is 35.2 Å². The van der Waals surface area contributed by atoms with Gasteiger partial charge in [-0.25, -0.2) is 0 Å². The van der Waals surface area contributed by atoms with E-state index in [9.17, 15) is 0 Å². The molecule has 1 saturated heterocycles. The second-order valence-electron chi connectivity index (χ2n) is 4.37. The van der Waals surface area contributed by atoms with Crippen molar-refractivity contribution in [3.05, 3.63) is 35.9 Å². The second kappa shape index (κ2) is 9.96. The molecule has 1 heterocycles. The van der Waals surface area contributed by atoms with Crippen LogP contribution in [-0.4, -0.2) is 43.9 Å². The first-order valence-corrected chi connectivity index (χ1v) is 7.34. The fourth-order valence-corrected chi connectivity index (χ4v) is 2.12. The number of rotatable bonds is 5. The summed E-state index contributed by atoms with van der Waals surface area (Å²) in [6.07, 6.45) is 0.229. The molecule has 0 bridgehead atoms. The Hall–Kier alpha value is -0.900. The standard InChI is InChI=1S/C14H21NO2.C2H6/c1-2-16-12-14-11-15(8-9-17-14)10-13-6-4-3-5-7-13;1-2/h3-7,14H,2,8-12H2,1H3;1-2H3. The number of ether oxygens (including phenoxy) is 2. The Morgan fingerprint density at radius 1 is 1.26 bits per heavy atom. The summed E-state index contributed by atoms with van der Waals surface area (Å²) in [6.45, 7) is 11.3. The lowest BCUT2D eigenvalue weighted by Crippen LogP contribution is -2.43. The Bertz CT molecular complexity index is 316. The molecule has 0 aromatic heterocycles. The van der Waals surface area contributed by atoms with E-state index < -0.39 is 0 Å². The van der Waals surface area contributed by atoms with Gasteiger partial charge in [0, 0.05) is 26.2 Å². The average Bonchev–Trinajstić information content (AvgIpc) is 2.49. The summed E-state index contributed by atoms with van der Waals surface area (Å²) >= 11 is 0. The van der Waals surface area contributed by atoms with E-state index in [1.807, 2.05) is 20.8 Å². The third-order valence-electron chi connectivity index (χ3n) is 2.98. The normalized spacial score (nSPS) is 19.6. The molecule has 3 heteroatoms. The lowest BCUT2D eigenvalue weighted by molar-refractivity contribution is -0.0694. The first-order chi connectivity index (χ1) is 9.38. The second-order valence-corrected chi connectivity index (χ2v) is 4.37. The lowest BCUT2D eigenvalue weighted by Gasteiger charge is -2.32. The molecule has 1 unspecified atom stereocenters. The Balaban J connectivity index is 0.000000861. The predicted molar refractivity (Wildman–Crippen MR) is 79.3 cm³/mol. The fraction of sp³-hybridized carbons (Fsp3) is 0.625. The minimum absolute atomic E-state index is 0.229. The minimum Gasteiger partial charge on any atom is -0.379 e. The molecule has 3 nitrogen and oxygen atoms in total. The van der Waals surface area contributed by atoms with Gasteiger partial charge < -0.3 is 9.47 Å². The molecule has 2 rings (SSSR count). The number of morpholine rings is 1. The smallest absolute Gasteiger partial charge is 0.0935 e. The van der Waals surface area contributed by atoms with Crippen LogP contribution in [0.1, 0.15) is 26.3 Å². The van der Waals surface area contributed by atoms with Gasteiger partial charge in [0.2, 0.25) is 0 Å². The molecule has 0 spiro atoms. The maximum absolute atomic E-state index is 5.68. The topological polar surface area (TPSA) is 21.7 Å². The van der Waals surface area contributed by atoms with Gasteiger partial charge in [-0.05, 0) is 12.5 Å². The van der Waals surface area contributed by atoms with Crippen LogP contribution in [0.25, 0.3) is 0 Å². The predicted octanol–water partition coefficient (Wildman–Crippen LogP) is 2.95. The molecule has 1 aromatic carbocycles. The van der Waals surface area contributed by atoms with Gasteiger partial charge in [0.05, 0.1) is 19.3 Å². The van der Waals surface area contributed by atoms with Crippen LogP contribution >= 0.6 is 0 Å². The Morgan fingerprint density at radius 2 is 2.00 bits per heavy atom. The third kappa shape index (κ3) is 6.19. The van der Waals surface area contributed by atoms with Gasteiger partial charge in [-0.2, -0.15) is 0 Å². The summed E-state index contributed by atoms with van der Waals surface area (Å²) in [5.74, 6) is 0. The van der Waals surface area contributed by atoms with Crippen molar-refractivity contribution in [2.45, 2.75) is 33.4 Å². The van der Waals surface area contributed by atoms with Gasteiger partial charge in [0.15, 0.2) is 0 Å². The molecule has 108 valence electrons. The van der Waals surface area contributed by atoms with Crippen LogP contribution in [0.5, 0.6) is 0 Å². The maximum atomic E-state index is 5.68. The van der Waals surface area contributed by atoms with E-state index in [0.717, 1.165) is 32.8 Å². The van der Waals surface area contributed by atoms with Crippen LogP contribution in [0.3, 0.4) is 0 Å². The number of hydrogen-bond donors (Lipinski definition) is 0. The summed E-state index contributed by atoms with van der Waals surface area (Å²) < 4.78 is 11.1. The first-order valence-electron chi connectivity index (χ1n) is 7.34. The minimum atomic E-state index is 0.229. The van der Waals surface area contributed by atoms with E-state index in [0.29, 0.717) is 6.61 Å². The number of benzene rings is 1. The lowest BCUT2D eigenvalue weighted by atomic mass is 10.2. The summed E-state index contributed by atoms with van der Waals surface area (Å²) in [7, 11) is 0. The van der Waals surface area contributed by atoms with Gasteiger partial charge in [-0.1, -0.05) is 44.2 Å². The molecule has 1 aromatic rings. The Kier molecular flexibility index (Phi) is 8.47. The van der Waals surface area contributed by atoms with Crippen molar-refractivity contribution in [2.24, 2.45) is 0 Å². The molecule has 1 fully saturated rings. The van der Waals surface area contributed by atoms with Crippen molar-refractivity contribution < 1.29 is 9.47 Å². The molecule has 0 N–H and O–H groups in total. The first kappa shape index (κ1) is 16.2. The molecule has 1 aliphatic heterocycles. The molecule has 1 atom stereocenters. The van der Waals surface area contributed by atoms with Crippen LogP contribution < -0.4 is 0 Å². The van der Waals surface area contributed by atoms with Crippen molar-refractivity contribution in [1.29, 1.82) is 0 Å². The van der Waals surface area contributed by atoms with Gasteiger partial charge in [0.25, 0.3) is 0 Å². The molecule has 0 radical (unpaired) electrons. The molecular formula is C16H27NO2. The van der Waals surface area contributed by atoms with Gasteiger partial charge in [0.1, 0.15) is 0 Å². The highest BCUT2D eigenvalue weighted by Crippen LogP contribution is 2.10. The fourth-order valence-electron chi connectivity index (χ4n) is 2.12. The molecule has 0 aliphatic carbocycles. The molecular weight excluding hydrogens is 238 g/mol. The van der Waals surface area contributed by atoms with Gasteiger partial charge in [-0.15, -0.1) is 0 Å². The number of hydrogen-bond acceptors (Lipinski definition) is 3. The molecule has 0 saturated carbocycles. The van der Waals surface area contributed by atoms with Crippen molar-refractivity contribution in [3.63, 3.8) is 0 Å². The van der Waals surface area contributed by atoms with Crippen LogP contribution in [0, 0.1) is 0 Å². The van der Waals surface area contributed by atoms with Gasteiger partial charge >= 0.3 is 0 Å². The van der Waals surface area contributed by atoms with Crippen LogP contribution in [0.4, 0.5) is 0 Å². The zero-order chi connectivity index (χ0) is 13.9. The largest absolute Gasteiger partial charge is 0.379 e. The van der Waals surface area contributed by atoms with E-state index in [1.54, 1.807) is 0 Å². The molecule has 19 heavy (non-hydrogen) atoms. The maximum Gasteiger partial charge on any atom is 0.0935 e. The van der Waals surface area contributed by atoms with E-state index in [1.165, 1.54) is 5.56 Å². The number of nitrogens with zero attached hydrogens (tertiary/aromatic N) is 1. The highest BCUT2D eigenvalue weighted by Gasteiger charge is 2.20. The third-order valence-corrected chi connectivity index (χ3v) is 2.98. The highest BCUT2D eigenvalue weighted by atomic mass is 16.5. The van der Waals surface area contributed by atoms with Crippen molar-refractivity contribution >= 4 is 0 Å². The molecule has 1 aliphatic rings. The summed E-state index contributed by atoms with van der Waals surface area (Å²) in [6, 6.07) is 10.6. The zero-order valence-electron chi connectivity index (χ0n) is 12.5. The van der Waals surface area contributed by atoms with Crippen LogP contribution in [0.2, 0.25) is 0 Å². The van der Waals surface area contributed by atoms with Crippen molar-refractivity contribution in [3.8, 4) is 0 Å². The Morgan fingerprint density at radius 3 is 2.68 bits per heavy atom. The zero-order valence-corrected chi connectivity index (χ0v) is 12.5. The van der Waals surface area contributed by atoms with Crippen LogP contribution in [-0.2, 0) is 16.0 Å². The van der Waals surface area contributed by atoms with Crippen molar-refractivity contribution in [1.82, 2.24) is 4.90 Å². The summed E-state index contributed by atoms with van der Waals surface area (Å²) in [5, 5.41) is 0. The monoisotopic (exact) mass is 265 g/mol. The van der Waals surface area contributed by atoms with Crippen molar-refractivity contribution in [2.75, 3.05) is 32.9 Å².